The van der Waals surface area contributed by atoms with E-state index in [1.807, 2.05) is 7.05 Å². The number of aliphatic hydroxyl groups is 1. The lowest BCUT2D eigenvalue weighted by molar-refractivity contribution is 0.218. The van der Waals surface area contributed by atoms with E-state index in [1.165, 1.54) is 11.1 Å². The molecule has 0 bridgehead atoms. The largest absolute Gasteiger partial charge is 0.395 e. The lowest BCUT2D eigenvalue weighted by Crippen LogP contribution is -2.21. The van der Waals surface area contributed by atoms with Gasteiger partial charge in [-0.05, 0) is 31.1 Å². The SMILES string of the molecule is CNCCc1ccc(C(C)(C)CO)cc1. The Labute approximate surface area is 92.3 Å². The summed E-state index contributed by atoms with van der Waals surface area (Å²) in [5.41, 5.74) is 2.39. The van der Waals surface area contributed by atoms with E-state index in [-0.39, 0.29) is 12.0 Å². The summed E-state index contributed by atoms with van der Waals surface area (Å²) in [5, 5.41) is 12.4. The summed E-state index contributed by atoms with van der Waals surface area (Å²) in [6.45, 7) is 5.29. The van der Waals surface area contributed by atoms with Gasteiger partial charge in [0.2, 0.25) is 0 Å². The van der Waals surface area contributed by atoms with Crippen molar-refractivity contribution in [3.63, 3.8) is 0 Å². The van der Waals surface area contributed by atoms with E-state index >= 15 is 0 Å². The predicted octanol–water partition coefficient (Wildman–Crippen LogP) is 1.72. The van der Waals surface area contributed by atoms with Gasteiger partial charge in [0.1, 0.15) is 0 Å². The third kappa shape index (κ3) is 3.33. The van der Waals surface area contributed by atoms with E-state index < -0.39 is 0 Å². The van der Waals surface area contributed by atoms with Gasteiger partial charge in [-0.15, -0.1) is 0 Å². The first-order valence-corrected chi connectivity index (χ1v) is 5.45. The average Bonchev–Trinajstić information content (AvgIpc) is 2.27. The fourth-order valence-corrected chi connectivity index (χ4v) is 1.48. The van der Waals surface area contributed by atoms with Crippen LogP contribution in [0.3, 0.4) is 0 Å². The molecule has 0 fully saturated rings. The molecule has 0 heterocycles. The number of hydrogen-bond donors (Lipinski definition) is 2. The molecule has 0 radical (unpaired) electrons. The van der Waals surface area contributed by atoms with Crippen LogP contribution in [0.5, 0.6) is 0 Å². The molecule has 15 heavy (non-hydrogen) atoms. The van der Waals surface area contributed by atoms with Crippen LogP contribution in [0.4, 0.5) is 0 Å². The third-order valence-corrected chi connectivity index (χ3v) is 2.79. The Hall–Kier alpha value is -0.860. The molecule has 0 aromatic heterocycles. The summed E-state index contributed by atoms with van der Waals surface area (Å²) < 4.78 is 0. The van der Waals surface area contributed by atoms with Crippen molar-refractivity contribution in [2.75, 3.05) is 20.2 Å². The van der Waals surface area contributed by atoms with Gasteiger partial charge in [0.25, 0.3) is 0 Å². The van der Waals surface area contributed by atoms with Crippen molar-refractivity contribution in [2.45, 2.75) is 25.7 Å². The molecule has 1 rings (SSSR count). The molecule has 1 aromatic rings. The quantitative estimate of drug-likeness (QED) is 0.770. The van der Waals surface area contributed by atoms with E-state index in [9.17, 15) is 5.11 Å². The summed E-state index contributed by atoms with van der Waals surface area (Å²) in [6, 6.07) is 8.51. The molecule has 0 saturated carbocycles. The first-order chi connectivity index (χ1) is 7.10. The molecular formula is C13H21NO. The second-order valence-electron chi connectivity index (χ2n) is 4.59. The van der Waals surface area contributed by atoms with Crippen molar-refractivity contribution in [3.05, 3.63) is 35.4 Å². The summed E-state index contributed by atoms with van der Waals surface area (Å²) in [4.78, 5) is 0. The summed E-state index contributed by atoms with van der Waals surface area (Å²) in [7, 11) is 1.96. The molecule has 2 heteroatoms. The Morgan fingerprint density at radius 2 is 1.80 bits per heavy atom. The molecule has 1 aromatic carbocycles. The Bertz CT molecular complexity index is 290. The minimum Gasteiger partial charge on any atom is -0.395 e. The molecular weight excluding hydrogens is 186 g/mol. The van der Waals surface area contributed by atoms with Crippen molar-refractivity contribution in [1.82, 2.24) is 5.32 Å². The van der Waals surface area contributed by atoms with Crippen LogP contribution in [-0.4, -0.2) is 25.3 Å². The summed E-state index contributed by atoms with van der Waals surface area (Å²) >= 11 is 0. The Morgan fingerprint density at radius 1 is 1.20 bits per heavy atom. The van der Waals surface area contributed by atoms with Crippen molar-refractivity contribution in [3.8, 4) is 0 Å². The molecule has 2 N–H and O–H groups in total. The number of aliphatic hydroxyl groups excluding tert-OH is 1. The summed E-state index contributed by atoms with van der Waals surface area (Å²) in [5.74, 6) is 0. The normalized spacial score (nSPS) is 11.7. The highest BCUT2D eigenvalue weighted by Gasteiger charge is 2.18. The zero-order valence-corrected chi connectivity index (χ0v) is 9.88. The van der Waals surface area contributed by atoms with E-state index in [0.717, 1.165) is 13.0 Å². The van der Waals surface area contributed by atoms with Crippen LogP contribution in [0.1, 0.15) is 25.0 Å². The number of hydrogen-bond acceptors (Lipinski definition) is 2. The number of nitrogens with one attached hydrogen (secondary N) is 1. The van der Waals surface area contributed by atoms with Crippen molar-refractivity contribution in [2.24, 2.45) is 0 Å². The van der Waals surface area contributed by atoms with Gasteiger partial charge in [-0.3, -0.25) is 0 Å². The summed E-state index contributed by atoms with van der Waals surface area (Å²) in [6.07, 6.45) is 1.05. The molecule has 0 aliphatic rings. The highest BCUT2D eigenvalue weighted by molar-refractivity contribution is 5.28. The number of rotatable bonds is 5. The molecule has 2 nitrogen and oxygen atoms in total. The molecule has 0 amide bonds. The standard InChI is InChI=1S/C13H21NO/c1-13(2,10-15)12-6-4-11(5-7-12)8-9-14-3/h4-7,14-15H,8-10H2,1-3H3. The topological polar surface area (TPSA) is 32.3 Å². The maximum Gasteiger partial charge on any atom is 0.0522 e. The van der Waals surface area contributed by atoms with Gasteiger partial charge in [0.15, 0.2) is 0 Å². The van der Waals surface area contributed by atoms with Gasteiger partial charge >= 0.3 is 0 Å². The third-order valence-electron chi connectivity index (χ3n) is 2.79. The minimum absolute atomic E-state index is 0.137. The van der Waals surface area contributed by atoms with E-state index in [4.69, 9.17) is 0 Å². The van der Waals surface area contributed by atoms with Crippen LogP contribution < -0.4 is 5.32 Å². The fourth-order valence-electron chi connectivity index (χ4n) is 1.48. The molecule has 0 aliphatic carbocycles. The molecule has 0 unspecified atom stereocenters. The Morgan fingerprint density at radius 3 is 2.27 bits per heavy atom. The lowest BCUT2D eigenvalue weighted by Gasteiger charge is -2.22. The van der Waals surface area contributed by atoms with Gasteiger partial charge in [0.05, 0.1) is 6.61 Å². The van der Waals surface area contributed by atoms with Crippen LogP contribution in [0.25, 0.3) is 0 Å². The van der Waals surface area contributed by atoms with Crippen LogP contribution >= 0.6 is 0 Å². The second kappa shape index (κ2) is 5.29. The maximum absolute atomic E-state index is 9.25. The molecule has 84 valence electrons. The van der Waals surface area contributed by atoms with Gasteiger partial charge in [-0.25, -0.2) is 0 Å². The van der Waals surface area contributed by atoms with Gasteiger partial charge < -0.3 is 10.4 Å². The predicted molar refractivity (Wildman–Crippen MR) is 64.2 cm³/mol. The van der Waals surface area contributed by atoms with E-state index in [0.29, 0.717) is 0 Å². The Balaban J connectivity index is 2.72. The van der Waals surface area contributed by atoms with Gasteiger partial charge in [-0.2, -0.15) is 0 Å². The lowest BCUT2D eigenvalue weighted by atomic mass is 9.85. The highest BCUT2D eigenvalue weighted by atomic mass is 16.3. The van der Waals surface area contributed by atoms with Crippen molar-refractivity contribution >= 4 is 0 Å². The molecule has 0 saturated heterocycles. The number of likely N-dealkylation sites (N-methyl/N-ethyl adjacent to an activating group) is 1. The second-order valence-corrected chi connectivity index (χ2v) is 4.59. The van der Waals surface area contributed by atoms with Crippen LogP contribution in [0.15, 0.2) is 24.3 Å². The zero-order valence-electron chi connectivity index (χ0n) is 9.88. The molecule has 0 spiro atoms. The fraction of sp³-hybridized carbons (Fsp3) is 0.538. The van der Waals surface area contributed by atoms with Gasteiger partial charge in [-0.1, -0.05) is 38.1 Å². The molecule has 0 atom stereocenters. The highest BCUT2D eigenvalue weighted by Crippen LogP contribution is 2.22. The monoisotopic (exact) mass is 207 g/mol. The van der Waals surface area contributed by atoms with Crippen LogP contribution in [-0.2, 0) is 11.8 Å². The first-order valence-electron chi connectivity index (χ1n) is 5.45. The smallest absolute Gasteiger partial charge is 0.0522 e. The van der Waals surface area contributed by atoms with Crippen molar-refractivity contribution < 1.29 is 5.11 Å². The van der Waals surface area contributed by atoms with E-state index in [2.05, 4.69) is 43.4 Å². The van der Waals surface area contributed by atoms with Crippen LogP contribution in [0, 0.1) is 0 Å². The Kier molecular flexibility index (Phi) is 4.30. The zero-order chi connectivity index (χ0) is 11.3. The van der Waals surface area contributed by atoms with Gasteiger partial charge in [0, 0.05) is 5.41 Å². The van der Waals surface area contributed by atoms with Crippen molar-refractivity contribution in [1.29, 1.82) is 0 Å². The minimum atomic E-state index is -0.137. The number of benzene rings is 1. The average molecular weight is 207 g/mol. The first kappa shape index (κ1) is 12.2. The van der Waals surface area contributed by atoms with Crippen LogP contribution in [0.2, 0.25) is 0 Å². The van der Waals surface area contributed by atoms with E-state index in [1.54, 1.807) is 0 Å². The maximum atomic E-state index is 9.25. The molecule has 0 aliphatic heterocycles.